The van der Waals surface area contributed by atoms with Crippen LogP contribution in [-0.2, 0) is 0 Å². The second kappa shape index (κ2) is 5.02. The highest BCUT2D eigenvalue weighted by Gasteiger charge is 2.40. The summed E-state index contributed by atoms with van der Waals surface area (Å²) in [6.07, 6.45) is 0.675. The second-order valence-electron chi connectivity index (χ2n) is 6.64. The van der Waals surface area contributed by atoms with Crippen LogP contribution in [0.25, 0.3) is 10.9 Å². The van der Waals surface area contributed by atoms with Crippen molar-refractivity contribution in [1.82, 2.24) is 4.98 Å². The van der Waals surface area contributed by atoms with Gasteiger partial charge in [0.2, 0.25) is 0 Å². The zero-order valence-corrected chi connectivity index (χ0v) is 14.1. The highest BCUT2D eigenvalue weighted by molar-refractivity contribution is 5.87. The number of pyridine rings is 1. The largest absolute Gasteiger partial charge is 0.497 e. The first-order chi connectivity index (χ1) is 12.2. The summed E-state index contributed by atoms with van der Waals surface area (Å²) >= 11 is 0. The van der Waals surface area contributed by atoms with Gasteiger partial charge in [-0.2, -0.15) is 0 Å². The van der Waals surface area contributed by atoms with Crippen molar-refractivity contribution in [2.45, 2.75) is 18.6 Å². The highest BCUT2D eigenvalue weighted by Crippen LogP contribution is 2.49. The number of rotatable bonds is 1. The predicted molar refractivity (Wildman–Crippen MR) is 96.8 cm³/mol. The molecule has 0 amide bonds. The van der Waals surface area contributed by atoms with E-state index in [1.165, 1.54) is 0 Å². The van der Waals surface area contributed by atoms with Gasteiger partial charge in [-0.15, -0.1) is 0 Å². The van der Waals surface area contributed by atoms with Crippen molar-refractivity contribution in [2.24, 2.45) is 0 Å². The smallest absolute Gasteiger partial charge is 0.256 e. The lowest BCUT2D eigenvalue weighted by atomic mass is 9.81. The van der Waals surface area contributed by atoms with Gasteiger partial charge in [0.25, 0.3) is 5.56 Å². The number of hydrogen-bond acceptors (Lipinski definition) is 4. The molecule has 5 rings (SSSR count). The van der Waals surface area contributed by atoms with E-state index in [4.69, 9.17) is 9.47 Å². The Balaban J connectivity index is 1.83. The van der Waals surface area contributed by atoms with Crippen molar-refractivity contribution in [2.75, 3.05) is 19.1 Å². The molecule has 1 N–H and O–H groups in total. The van der Waals surface area contributed by atoms with Gasteiger partial charge in [0, 0.05) is 30.5 Å². The van der Waals surface area contributed by atoms with Crippen LogP contribution in [0, 0.1) is 0 Å². The van der Waals surface area contributed by atoms with Gasteiger partial charge < -0.3 is 19.4 Å². The standard InChI is InChI=1S/C20H18N2O3/c1-22-16-8-7-11(24-2)9-13(16)14-10-17(22)25-19-12-5-3-4-6-15(12)21-20(23)18(14)19/h3-9,14,17H,10H2,1-2H3,(H,21,23). The number of aromatic amines is 1. The summed E-state index contributed by atoms with van der Waals surface area (Å²) in [5.41, 5.74) is 3.65. The van der Waals surface area contributed by atoms with Crippen LogP contribution in [0.2, 0.25) is 0 Å². The molecule has 1 aromatic heterocycles. The van der Waals surface area contributed by atoms with Gasteiger partial charge in [-0.3, -0.25) is 4.79 Å². The van der Waals surface area contributed by atoms with E-state index in [9.17, 15) is 4.79 Å². The van der Waals surface area contributed by atoms with Crippen LogP contribution in [0.5, 0.6) is 11.5 Å². The molecule has 2 bridgehead atoms. The predicted octanol–water partition coefficient (Wildman–Crippen LogP) is 3.23. The van der Waals surface area contributed by atoms with E-state index >= 15 is 0 Å². The van der Waals surface area contributed by atoms with Gasteiger partial charge in [-0.1, -0.05) is 12.1 Å². The van der Waals surface area contributed by atoms with E-state index in [1.807, 2.05) is 49.5 Å². The monoisotopic (exact) mass is 334 g/mol. The molecule has 0 aliphatic carbocycles. The van der Waals surface area contributed by atoms with Crippen LogP contribution in [0.1, 0.15) is 23.5 Å². The molecular formula is C20H18N2O3. The number of ether oxygens (including phenoxy) is 2. The van der Waals surface area contributed by atoms with Gasteiger partial charge in [0.1, 0.15) is 11.5 Å². The van der Waals surface area contributed by atoms with Gasteiger partial charge in [0.15, 0.2) is 6.23 Å². The quantitative estimate of drug-likeness (QED) is 0.742. The highest BCUT2D eigenvalue weighted by atomic mass is 16.5. The van der Waals surface area contributed by atoms with E-state index in [-0.39, 0.29) is 17.7 Å². The summed E-state index contributed by atoms with van der Waals surface area (Å²) in [6.45, 7) is 0. The molecule has 2 aliphatic rings. The number of anilines is 1. The Hall–Kier alpha value is -2.95. The maximum absolute atomic E-state index is 12.8. The molecule has 0 fully saturated rings. The SMILES string of the molecule is COc1ccc2c(c1)C1CC(Oc3c1c(=O)[nH]c1ccccc31)N2C. The Morgan fingerprint density at radius 3 is 2.92 bits per heavy atom. The molecule has 2 aromatic carbocycles. The summed E-state index contributed by atoms with van der Waals surface area (Å²) in [7, 11) is 3.70. The maximum atomic E-state index is 12.8. The van der Waals surface area contributed by atoms with Gasteiger partial charge >= 0.3 is 0 Å². The summed E-state index contributed by atoms with van der Waals surface area (Å²) < 4.78 is 11.7. The molecule has 25 heavy (non-hydrogen) atoms. The first-order valence-corrected chi connectivity index (χ1v) is 8.39. The molecular weight excluding hydrogens is 316 g/mol. The molecule has 0 radical (unpaired) electrons. The molecule has 0 saturated carbocycles. The van der Waals surface area contributed by atoms with Crippen molar-refractivity contribution in [1.29, 1.82) is 0 Å². The normalized spacial score (nSPS) is 20.6. The van der Waals surface area contributed by atoms with Crippen LogP contribution in [0.3, 0.4) is 0 Å². The molecule has 2 atom stereocenters. The third kappa shape index (κ3) is 1.92. The zero-order chi connectivity index (χ0) is 17.1. The fourth-order valence-electron chi connectivity index (χ4n) is 4.11. The lowest BCUT2D eigenvalue weighted by Gasteiger charge is -2.44. The van der Waals surface area contributed by atoms with E-state index in [1.54, 1.807) is 7.11 Å². The minimum Gasteiger partial charge on any atom is -0.497 e. The van der Waals surface area contributed by atoms with E-state index in [0.717, 1.165) is 39.9 Å². The van der Waals surface area contributed by atoms with Gasteiger partial charge in [-0.05, 0) is 35.9 Å². The fourth-order valence-corrected chi connectivity index (χ4v) is 4.11. The molecule has 2 aliphatic heterocycles. The van der Waals surface area contributed by atoms with E-state index in [2.05, 4.69) is 9.88 Å². The van der Waals surface area contributed by atoms with Crippen LogP contribution in [-0.4, -0.2) is 25.4 Å². The summed E-state index contributed by atoms with van der Waals surface area (Å²) in [4.78, 5) is 18.0. The minimum absolute atomic E-state index is 0.00315. The number of benzene rings is 2. The number of H-pyrrole nitrogens is 1. The number of nitrogens with one attached hydrogen (secondary N) is 1. The van der Waals surface area contributed by atoms with Crippen molar-refractivity contribution in [3.8, 4) is 11.5 Å². The number of hydrogen-bond donors (Lipinski definition) is 1. The lowest BCUT2D eigenvalue weighted by molar-refractivity contribution is 0.159. The maximum Gasteiger partial charge on any atom is 0.256 e. The number of aromatic nitrogens is 1. The summed E-state index contributed by atoms with van der Waals surface area (Å²) in [5.74, 6) is 1.51. The Labute approximate surface area is 144 Å². The second-order valence-corrected chi connectivity index (χ2v) is 6.64. The lowest BCUT2D eigenvalue weighted by Crippen LogP contribution is -2.46. The van der Waals surface area contributed by atoms with Gasteiger partial charge in [0.05, 0.1) is 18.2 Å². The molecule has 2 unspecified atom stereocenters. The van der Waals surface area contributed by atoms with Crippen molar-refractivity contribution >= 4 is 16.6 Å². The molecule has 0 spiro atoms. The summed E-state index contributed by atoms with van der Waals surface area (Å²) in [5, 5.41) is 0.951. The number of fused-ring (bicyclic) bond motifs is 8. The third-order valence-electron chi connectivity index (χ3n) is 5.37. The Morgan fingerprint density at radius 2 is 2.08 bits per heavy atom. The Kier molecular flexibility index (Phi) is 2.89. The van der Waals surface area contributed by atoms with E-state index in [0.29, 0.717) is 5.75 Å². The van der Waals surface area contributed by atoms with Crippen LogP contribution >= 0.6 is 0 Å². The Morgan fingerprint density at radius 1 is 1.24 bits per heavy atom. The zero-order valence-electron chi connectivity index (χ0n) is 14.1. The van der Waals surface area contributed by atoms with Crippen LogP contribution in [0.15, 0.2) is 47.3 Å². The molecule has 0 saturated heterocycles. The first kappa shape index (κ1) is 14.4. The average Bonchev–Trinajstić information content (AvgIpc) is 2.65. The summed E-state index contributed by atoms with van der Waals surface area (Å²) in [6, 6.07) is 13.8. The van der Waals surface area contributed by atoms with Crippen LogP contribution in [0.4, 0.5) is 5.69 Å². The molecule has 5 heteroatoms. The third-order valence-corrected chi connectivity index (χ3v) is 5.37. The fraction of sp³-hybridized carbons (Fsp3) is 0.250. The Bertz CT molecular complexity index is 1060. The van der Waals surface area contributed by atoms with Crippen molar-refractivity contribution in [3.05, 3.63) is 63.9 Å². The van der Waals surface area contributed by atoms with Gasteiger partial charge in [-0.25, -0.2) is 0 Å². The molecule has 126 valence electrons. The molecule has 5 nitrogen and oxygen atoms in total. The number of para-hydroxylation sites is 1. The first-order valence-electron chi connectivity index (χ1n) is 8.39. The molecule has 3 aromatic rings. The minimum atomic E-state index is -0.0800. The van der Waals surface area contributed by atoms with Crippen LogP contribution < -0.4 is 19.9 Å². The average molecular weight is 334 g/mol. The van der Waals surface area contributed by atoms with Crippen molar-refractivity contribution < 1.29 is 9.47 Å². The van der Waals surface area contributed by atoms with Crippen molar-refractivity contribution in [3.63, 3.8) is 0 Å². The molecule has 3 heterocycles. The number of methoxy groups -OCH3 is 1. The topological polar surface area (TPSA) is 54.6 Å². The van der Waals surface area contributed by atoms with E-state index < -0.39 is 0 Å². The number of nitrogens with zero attached hydrogens (tertiary/aromatic N) is 1.